The molecule has 0 aromatic heterocycles. The van der Waals surface area contributed by atoms with Gasteiger partial charge in [-0.25, -0.2) is 0 Å². The van der Waals surface area contributed by atoms with E-state index in [1.165, 1.54) is 0 Å². The van der Waals surface area contributed by atoms with E-state index in [1.807, 2.05) is 6.92 Å². The second-order valence-corrected chi connectivity index (χ2v) is 2.79. The summed E-state index contributed by atoms with van der Waals surface area (Å²) >= 11 is 0. The van der Waals surface area contributed by atoms with Gasteiger partial charge >= 0.3 is 0 Å². The highest BCUT2D eigenvalue weighted by Gasteiger charge is 2.10. The van der Waals surface area contributed by atoms with E-state index in [1.54, 1.807) is 18.2 Å². The van der Waals surface area contributed by atoms with Crippen molar-refractivity contribution >= 4 is 5.78 Å². The largest absolute Gasteiger partial charge is 0.507 e. The lowest BCUT2D eigenvalue weighted by atomic mass is 10.0. The summed E-state index contributed by atoms with van der Waals surface area (Å²) in [6.45, 7) is 1.85. The average Bonchev–Trinajstić information content (AvgIpc) is 2.17. The fourth-order valence-electron chi connectivity index (χ4n) is 1.21. The molecule has 13 heavy (non-hydrogen) atoms. The summed E-state index contributed by atoms with van der Waals surface area (Å²) in [5, 5.41) is 9.61. The van der Waals surface area contributed by atoms with E-state index in [4.69, 9.17) is 5.73 Å². The van der Waals surface area contributed by atoms with Crippen LogP contribution in [0.4, 0.5) is 0 Å². The number of phenolic OH excluding ortho intramolecular Hbond substituents is 1. The smallest absolute Gasteiger partial charge is 0.180 e. The summed E-state index contributed by atoms with van der Waals surface area (Å²) in [5.41, 5.74) is 6.30. The maximum absolute atomic E-state index is 11.2. The van der Waals surface area contributed by atoms with E-state index >= 15 is 0 Å². The standard InChI is InChI=1S/C10H13NO2/c1-2-7-4-3-5-8(10(7)13)9(12)6-11/h3-5,13H,2,6,11H2,1H3. The van der Waals surface area contributed by atoms with Crippen LogP contribution >= 0.6 is 0 Å². The first-order valence-electron chi connectivity index (χ1n) is 4.24. The molecule has 0 unspecified atom stereocenters. The van der Waals surface area contributed by atoms with Crippen LogP contribution < -0.4 is 5.73 Å². The van der Waals surface area contributed by atoms with Crippen LogP contribution in [0.5, 0.6) is 5.75 Å². The third-order valence-corrected chi connectivity index (χ3v) is 1.99. The van der Waals surface area contributed by atoms with Crippen molar-refractivity contribution in [2.45, 2.75) is 13.3 Å². The van der Waals surface area contributed by atoms with Crippen LogP contribution in [0, 0.1) is 0 Å². The van der Waals surface area contributed by atoms with Crippen LogP contribution in [0.3, 0.4) is 0 Å². The SMILES string of the molecule is CCc1cccc(C(=O)CN)c1O. The van der Waals surface area contributed by atoms with Gasteiger partial charge in [-0.3, -0.25) is 4.79 Å². The van der Waals surface area contributed by atoms with Crippen molar-refractivity contribution in [3.8, 4) is 5.75 Å². The van der Waals surface area contributed by atoms with Crippen molar-refractivity contribution in [1.82, 2.24) is 0 Å². The molecule has 1 aromatic rings. The molecule has 0 saturated carbocycles. The molecule has 0 atom stereocenters. The maximum Gasteiger partial charge on any atom is 0.180 e. The maximum atomic E-state index is 11.2. The van der Waals surface area contributed by atoms with Crippen LogP contribution in [-0.2, 0) is 6.42 Å². The quantitative estimate of drug-likeness (QED) is 0.683. The number of rotatable bonds is 3. The molecule has 0 aliphatic carbocycles. The highest BCUT2D eigenvalue weighted by Crippen LogP contribution is 2.22. The van der Waals surface area contributed by atoms with Gasteiger partial charge in [-0.2, -0.15) is 0 Å². The molecule has 0 heterocycles. The van der Waals surface area contributed by atoms with Crippen molar-refractivity contribution in [2.24, 2.45) is 5.73 Å². The Kier molecular flexibility index (Phi) is 3.03. The number of aryl methyl sites for hydroxylation is 1. The van der Waals surface area contributed by atoms with Crippen LogP contribution in [0.2, 0.25) is 0 Å². The van der Waals surface area contributed by atoms with E-state index < -0.39 is 0 Å². The molecule has 0 saturated heterocycles. The highest BCUT2D eigenvalue weighted by molar-refractivity contribution is 6.00. The van der Waals surface area contributed by atoms with Gasteiger partial charge in [0, 0.05) is 0 Å². The van der Waals surface area contributed by atoms with Crippen molar-refractivity contribution in [1.29, 1.82) is 0 Å². The molecule has 0 bridgehead atoms. The second-order valence-electron chi connectivity index (χ2n) is 2.79. The van der Waals surface area contributed by atoms with Gasteiger partial charge in [0.15, 0.2) is 5.78 Å². The Labute approximate surface area is 77.2 Å². The molecule has 1 aromatic carbocycles. The summed E-state index contributed by atoms with van der Waals surface area (Å²) in [4.78, 5) is 11.2. The molecule has 0 fully saturated rings. The van der Waals surface area contributed by atoms with Crippen molar-refractivity contribution in [3.05, 3.63) is 29.3 Å². The van der Waals surface area contributed by atoms with Crippen molar-refractivity contribution in [2.75, 3.05) is 6.54 Å². The molecule has 0 radical (unpaired) electrons. The zero-order valence-electron chi connectivity index (χ0n) is 7.58. The number of phenols is 1. The minimum atomic E-state index is -0.229. The Morgan fingerprint density at radius 1 is 1.54 bits per heavy atom. The van der Waals surface area contributed by atoms with Crippen LogP contribution in [0.15, 0.2) is 18.2 Å². The zero-order valence-corrected chi connectivity index (χ0v) is 7.58. The summed E-state index contributed by atoms with van der Waals surface area (Å²) in [6.07, 6.45) is 0.706. The Hall–Kier alpha value is -1.35. The van der Waals surface area contributed by atoms with E-state index in [-0.39, 0.29) is 18.1 Å². The number of hydrogen-bond acceptors (Lipinski definition) is 3. The van der Waals surface area contributed by atoms with E-state index in [0.717, 1.165) is 5.56 Å². The average molecular weight is 179 g/mol. The second kappa shape index (κ2) is 4.05. The molecule has 0 spiro atoms. The summed E-state index contributed by atoms with van der Waals surface area (Å²) in [5.74, 6) is -0.159. The van der Waals surface area contributed by atoms with Crippen LogP contribution in [0.1, 0.15) is 22.8 Å². The normalized spacial score (nSPS) is 10.0. The van der Waals surface area contributed by atoms with E-state index in [9.17, 15) is 9.90 Å². The lowest BCUT2D eigenvalue weighted by molar-refractivity contribution is 0.0998. The number of aromatic hydroxyl groups is 1. The molecule has 0 aliphatic rings. The molecule has 70 valence electrons. The van der Waals surface area contributed by atoms with Crippen LogP contribution in [-0.4, -0.2) is 17.4 Å². The number of nitrogens with two attached hydrogens (primary N) is 1. The molecule has 0 aliphatic heterocycles. The number of carbonyl (C=O) groups excluding carboxylic acids is 1. The van der Waals surface area contributed by atoms with Crippen molar-refractivity contribution in [3.63, 3.8) is 0 Å². The molecule has 1 rings (SSSR count). The van der Waals surface area contributed by atoms with Gasteiger partial charge in [0.25, 0.3) is 0 Å². The lowest BCUT2D eigenvalue weighted by Crippen LogP contribution is -2.13. The summed E-state index contributed by atoms with van der Waals surface area (Å²) in [7, 11) is 0. The Balaban J connectivity index is 3.15. The molecule has 3 N–H and O–H groups in total. The monoisotopic (exact) mass is 179 g/mol. The Morgan fingerprint density at radius 3 is 2.77 bits per heavy atom. The van der Waals surface area contributed by atoms with Crippen LogP contribution in [0.25, 0.3) is 0 Å². The van der Waals surface area contributed by atoms with Gasteiger partial charge in [0.05, 0.1) is 12.1 Å². The number of carbonyl (C=O) groups is 1. The first-order valence-corrected chi connectivity index (χ1v) is 4.24. The van der Waals surface area contributed by atoms with Gasteiger partial charge in [-0.05, 0) is 18.1 Å². The van der Waals surface area contributed by atoms with E-state index in [0.29, 0.717) is 12.0 Å². The lowest BCUT2D eigenvalue weighted by Gasteiger charge is -2.05. The molecule has 3 nitrogen and oxygen atoms in total. The topological polar surface area (TPSA) is 63.3 Å². The van der Waals surface area contributed by atoms with Gasteiger partial charge in [-0.1, -0.05) is 19.1 Å². The number of benzene rings is 1. The van der Waals surface area contributed by atoms with Crippen molar-refractivity contribution < 1.29 is 9.90 Å². The predicted octanol–water partition coefficient (Wildman–Crippen LogP) is 1.10. The Bertz CT molecular complexity index is 321. The van der Waals surface area contributed by atoms with E-state index in [2.05, 4.69) is 0 Å². The third kappa shape index (κ3) is 1.87. The summed E-state index contributed by atoms with van der Waals surface area (Å²) < 4.78 is 0. The minimum absolute atomic E-state index is 0.0687. The van der Waals surface area contributed by atoms with Gasteiger partial charge in [-0.15, -0.1) is 0 Å². The molecule has 3 heteroatoms. The number of hydrogen-bond donors (Lipinski definition) is 2. The zero-order chi connectivity index (χ0) is 9.84. The fourth-order valence-corrected chi connectivity index (χ4v) is 1.21. The number of Topliss-reactive ketones (excluding diaryl/α,β-unsaturated/α-hetero) is 1. The first kappa shape index (κ1) is 9.74. The highest BCUT2D eigenvalue weighted by atomic mass is 16.3. The van der Waals surface area contributed by atoms with Gasteiger partial charge in [0.1, 0.15) is 5.75 Å². The molecular formula is C10H13NO2. The fraction of sp³-hybridized carbons (Fsp3) is 0.300. The Morgan fingerprint density at radius 2 is 2.23 bits per heavy atom. The summed E-state index contributed by atoms with van der Waals surface area (Å²) in [6, 6.07) is 5.13. The third-order valence-electron chi connectivity index (χ3n) is 1.99. The number of ketones is 1. The van der Waals surface area contributed by atoms with Gasteiger partial charge in [0.2, 0.25) is 0 Å². The van der Waals surface area contributed by atoms with Gasteiger partial charge < -0.3 is 10.8 Å². The predicted molar refractivity (Wildman–Crippen MR) is 50.9 cm³/mol. The number of para-hydroxylation sites is 1. The first-order chi connectivity index (χ1) is 6.20. The molecular weight excluding hydrogens is 166 g/mol. The molecule has 0 amide bonds. The minimum Gasteiger partial charge on any atom is -0.507 e.